The number of thiazole rings is 1. The van der Waals surface area contributed by atoms with Crippen LogP contribution in [0.3, 0.4) is 0 Å². The Morgan fingerprint density at radius 3 is 2.52 bits per heavy atom. The molecule has 0 radical (unpaired) electrons. The van der Waals surface area contributed by atoms with Crippen molar-refractivity contribution in [3.05, 3.63) is 60.2 Å². The number of thioether (sulfide) groups is 1. The largest absolute Gasteiger partial charge is 0.339 e. The number of para-hydroxylation sites is 1. The van der Waals surface area contributed by atoms with Gasteiger partial charge in [0.1, 0.15) is 0 Å². The maximum atomic E-state index is 12.8. The molecule has 27 heavy (non-hydrogen) atoms. The molecule has 0 saturated carbocycles. The minimum absolute atomic E-state index is 0.105. The molecule has 2 aromatic carbocycles. The van der Waals surface area contributed by atoms with Gasteiger partial charge in [-0.05, 0) is 24.6 Å². The Morgan fingerprint density at radius 2 is 1.78 bits per heavy atom. The first-order valence-electron chi connectivity index (χ1n) is 9.26. The summed E-state index contributed by atoms with van der Waals surface area (Å²) in [6.45, 7) is 6.42. The van der Waals surface area contributed by atoms with Crippen molar-refractivity contribution in [1.82, 2.24) is 14.8 Å². The number of fused-ring (bicyclic) bond motifs is 1. The summed E-state index contributed by atoms with van der Waals surface area (Å²) in [5, 5.41) is -0.105. The number of rotatable bonds is 5. The van der Waals surface area contributed by atoms with Gasteiger partial charge in [-0.3, -0.25) is 9.69 Å². The first kappa shape index (κ1) is 18.5. The molecule has 0 spiro atoms. The van der Waals surface area contributed by atoms with Gasteiger partial charge in [-0.1, -0.05) is 54.2 Å². The highest BCUT2D eigenvalue weighted by Gasteiger charge is 2.26. The summed E-state index contributed by atoms with van der Waals surface area (Å²) in [5.41, 5.74) is 2.34. The second-order valence-electron chi connectivity index (χ2n) is 6.79. The number of benzene rings is 2. The van der Waals surface area contributed by atoms with Crippen molar-refractivity contribution >= 4 is 39.2 Å². The van der Waals surface area contributed by atoms with E-state index in [0.717, 1.165) is 42.6 Å². The molecule has 1 amide bonds. The third-order valence-corrected chi connectivity index (χ3v) is 7.05. The Kier molecular flexibility index (Phi) is 5.76. The van der Waals surface area contributed by atoms with Crippen LogP contribution in [0.25, 0.3) is 10.2 Å². The maximum Gasteiger partial charge on any atom is 0.235 e. The summed E-state index contributed by atoms with van der Waals surface area (Å²) in [6.07, 6.45) is 0. The Balaban J connectivity index is 1.30. The first-order valence-corrected chi connectivity index (χ1v) is 11.0. The molecule has 0 bridgehead atoms. The number of nitrogens with zero attached hydrogens (tertiary/aromatic N) is 3. The van der Waals surface area contributed by atoms with Crippen LogP contribution in [0.1, 0.15) is 12.5 Å². The van der Waals surface area contributed by atoms with Gasteiger partial charge >= 0.3 is 0 Å². The van der Waals surface area contributed by atoms with Crippen LogP contribution in [0.2, 0.25) is 0 Å². The normalized spacial score (nSPS) is 16.6. The zero-order valence-corrected chi connectivity index (χ0v) is 17.0. The third kappa shape index (κ3) is 4.51. The van der Waals surface area contributed by atoms with Crippen molar-refractivity contribution in [3.63, 3.8) is 0 Å². The number of amides is 1. The maximum absolute atomic E-state index is 12.8. The summed E-state index contributed by atoms with van der Waals surface area (Å²) >= 11 is 3.24. The van der Waals surface area contributed by atoms with Crippen molar-refractivity contribution in [2.75, 3.05) is 26.2 Å². The first-order chi connectivity index (χ1) is 13.2. The van der Waals surface area contributed by atoms with Gasteiger partial charge in [0.2, 0.25) is 5.91 Å². The summed E-state index contributed by atoms with van der Waals surface area (Å²) in [7, 11) is 0. The lowest BCUT2D eigenvalue weighted by atomic mass is 10.2. The van der Waals surface area contributed by atoms with Gasteiger partial charge in [0.15, 0.2) is 4.34 Å². The summed E-state index contributed by atoms with van der Waals surface area (Å²) in [5.74, 6) is 0.221. The fourth-order valence-electron chi connectivity index (χ4n) is 3.33. The predicted molar refractivity (Wildman–Crippen MR) is 113 cm³/mol. The van der Waals surface area contributed by atoms with E-state index >= 15 is 0 Å². The minimum Gasteiger partial charge on any atom is -0.339 e. The molecule has 4 rings (SSSR count). The van der Waals surface area contributed by atoms with Crippen molar-refractivity contribution < 1.29 is 4.79 Å². The SMILES string of the molecule is C[C@@H](Sc1nc2ccccc2s1)C(=O)N1CCN(Cc2ccccc2)CC1. The van der Waals surface area contributed by atoms with Gasteiger partial charge < -0.3 is 4.90 Å². The van der Waals surface area contributed by atoms with E-state index in [2.05, 4.69) is 40.2 Å². The monoisotopic (exact) mass is 397 g/mol. The minimum atomic E-state index is -0.105. The van der Waals surface area contributed by atoms with E-state index in [0.29, 0.717) is 0 Å². The predicted octanol–water partition coefficient (Wildman–Crippen LogP) is 4.12. The van der Waals surface area contributed by atoms with Crippen molar-refractivity contribution in [1.29, 1.82) is 0 Å². The zero-order valence-electron chi connectivity index (χ0n) is 15.4. The van der Waals surface area contributed by atoms with Crippen LogP contribution < -0.4 is 0 Å². The second kappa shape index (κ2) is 8.42. The molecule has 1 fully saturated rings. The van der Waals surface area contributed by atoms with E-state index in [-0.39, 0.29) is 11.2 Å². The fraction of sp³-hybridized carbons (Fsp3) is 0.333. The number of hydrogen-bond acceptors (Lipinski definition) is 5. The molecule has 140 valence electrons. The van der Waals surface area contributed by atoms with Crippen LogP contribution in [0.4, 0.5) is 0 Å². The third-order valence-electron chi connectivity index (χ3n) is 4.83. The molecule has 1 saturated heterocycles. The van der Waals surface area contributed by atoms with Gasteiger partial charge in [0, 0.05) is 32.7 Å². The second-order valence-corrected chi connectivity index (χ2v) is 9.41. The van der Waals surface area contributed by atoms with E-state index < -0.39 is 0 Å². The average Bonchev–Trinajstić information content (AvgIpc) is 3.11. The summed E-state index contributed by atoms with van der Waals surface area (Å²) in [6, 6.07) is 18.7. The lowest BCUT2D eigenvalue weighted by molar-refractivity contribution is -0.132. The molecule has 0 unspecified atom stereocenters. The van der Waals surface area contributed by atoms with E-state index in [4.69, 9.17) is 0 Å². The highest BCUT2D eigenvalue weighted by molar-refractivity contribution is 8.02. The number of aromatic nitrogens is 1. The Morgan fingerprint density at radius 1 is 1.07 bits per heavy atom. The molecule has 1 aliphatic heterocycles. The van der Waals surface area contributed by atoms with Gasteiger partial charge in [-0.15, -0.1) is 11.3 Å². The zero-order chi connectivity index (χ0) is 18.6. The fourth-order valence-corrected chi connectivity index (χ4v) is 5.62. The molecule has 0 N–H and O–H groups in total. The molecule has 1 atom stereocenters. The molecule has 4 nitrogen and oxygen atoms in total. The Hall–Kier alpha value is -1.89. The van der Waals surface area contributed by atoms with Crippen LogP contribution >= 0.6 is 23.1 Å². The van der Waals surface area contributed by atoms with Crippen LogP contribution in [0, 0.1) is 0 Å². The number of carbonyl (C=O) groups is 1. The standard InChI is InChI=1S/C21H23N3OS2/c1-16(26-21-22-18-9-5-6-10-19(18)27-21)20(25)24-13-11-23(12-14-24)15-17-7-3-2-4-8-17/h2-10,16H,11-15H2,1H3/t16-/m1/s1. The molecule has 0 aliphatic carbocycles. The van der Waals surface area contributed by atoms with Crippen LogP contribution in [0.15, 0.2) is 58.9 Å². The van der Waals surface area contributed by atoms with Gasteiger partial charge in [0.25, 0.3) is 0 Å². The molecule has 1 aromatic heterocycles. The van der Waals surface area contributed by atoms with Gasteiger partial charge in [0.05, 0.1) is 15.5 Å². The van der Waals surface area contributed by atoms with Crippen LogP contribution in [-0.4, -0.2) is 52.1 Å². The summed E-state index contributed by atoms with van der Waals surface area (Å²) in [4.78, 5) is 21.9. The number of piperazine rings is 1. The molecule has 1 aliphatic rings. The van der Waals surface area contributed by atoms with Crippen LogP contribution in [0.5, 0.6) is 0 Å². The topological polar surface area (TPSA) is 36.4 Å². The lowest BCUT2D eigenvalue weighted by Crippen LogP contribution is -2.50. The van der Waals surface area contributed by atoms with E-state index in [1.165, 1.54) is 10.3 Å². The Labute approximate surface area is 168 Å². The van der Waals surface area contributed by atoms with E-state index in [1.807, 2.05) is 36.1 Å². The average molecular weight is 398 g/mol. The van der Waals surface area contributed by atoms with Crippen molar-refractivity contribution in [3.8, 4) is 0 Å². The highest BCUT2D eigenvalue weighted by Crippen LogP contribution is 2.32. The molecule has 3 aromatic rings. The number of hydrogen-bond donors (Lipinski definition) is 0. The van der Waals surface area contributed by atoms with Gasteiger partial charge in [-0.2, -0.15) is 0 Å². The van der Waals surface area contributed by atoms with Gasteiger partial charge in [-0.25, -0.2) is 4.98 Å². The molecular formula is C21H23N3OS2. The molecule has 2 heterocycles. The van der Waals surface area contributed by atoms with Crippen molar-refractivity contribution in [2.24, 2.45) is 0 Å². The van der Waals surface area contributed by atoms with Crippen LogP contribution in [-0.2, 0) is 11.3 Å². The summed E-state index contributed by atoms with van der Waals surface area (Å²) < 4.78 is 2.15. The highest BCUT2D eigenvalue weighted by atomic mass is 32.2. The molecular weight excluding hydrogens is 374 g/mol. The van der Waals surface area contributed by atoms with Crippen molar-refractivity contribution in [2.45, 2.75) is 23.1 Å². The molecule has 6 heteroatoms. The smallest absolute Gasteiger partial charge is 0.235 e. The Bertz CT molecular complexity index is 871. The lowest BCUT2D eigenvalue weighted by Gasteiger charge is -2.35. The number of carbonyl (C=O) groups excluding carboxylic acids is 1. The quantitative estimate of drug-likeness (QED) is 0.607. The van der Waals surface area contributed by atoms with E-state index in [9.17, 15) is 4.79 Å². The van der Waals surface area contributed by atoms with E-state index in [1.54, 1.807) is 23.1 Å².